The molecule has 9 nitrogen and oxygen atoms in total. The first-order valence-electron chi connectivity index (χ1n) is 11.9. The smallest absolute Gasteiger partial charge is 0.293 e. The molecule has 1 saturated heterocycles. The predicted molar refractivity (Wildman–Crippen MR) is 142 cm³/mol. The second kappa shape index (κ2) is 9.87. The third-order valence-corrected chi connectivity index (χ3v) is 6.60. The van der Waals surface area contributed by atoms with E-state index in [-0.39, 0.29) is 5.56 Å². The van der Waals surface area contributed by atoms with E-state index < -0.39 is 0 Å². The molecular formula is C27H30N6O3. The zero-order chi connectivity index (χ0) is 25.2. The van der Waals surface area contributed by atoms with Crippen molar-refractivity contribution in [2.45, 2.75) is 6.92 Å². The summed E-state index contributed by atoms with van der Waals surface area (Å²) < 4.78 is 6.72. The molecule has 1 aliphatic heterocycles. The number of anilines is 3. The lowest BCUT2D eigenvalue weighted by atomic mass is 10.00. The molecule has 0 amide bonds. The van der Waals surface area contributed by atoms with Gasteiger partial charge in [-0.05, 0) is 55.9 Å². The Morgan fingerprint density at radius 1 is 1.00 bits per heavy atom. The number of methoxy groups -OCH3 is 1. The summed E-state index contributed by atoms with van der Waals surface area (Å²) in [6.45, 7) is 6.09. The fourth-order valence-electron chi connectivity index (χ4n) is 4.58. The third-order valence-electron chi connectivity index (χ3n) is 6.60. The maximum Gasteiger partial charge on any atom is 0.293 e. The minimum Gasteiger partial charge on any atom is -0.496 e. The van der Waals surface area contributed by atoms with E-state index in [9.17, 15) is 4.79 Å². The Kier molecular flexibility index (Phi) is 6.47. The number of hydrogen-bond acceptors (Lipinski definition) is 8. The topological polar surface area (TPSA) is 84.8 Å². The number of fused-ring (bicyclic) bond motifs is 1. The number of aromatic nitrogens is 3. The second-order valence-electron chi connectivity index (χ2n) is 8.93. The first kappa shape index (κ1) is 23.6. The van der Waals surface area contributed by atoms with E-state index in [0.29, 0.717) is 28.3 Å². The van der Waals surface area contributed by atoms with Crippen LogP contribution in [0, 0.1) is 6.92 Å². The normalized spacial score (nSPS) is 14.2. The number of benzene rings is 2. The van der Waals surface area contributed by atoms with E-state index in [1.165, 1.54) is 17.5 Å². The zero-order valence-electron chi connectivity index (χ0n) is 21.0. The summed E-state index contributed by atoms with van der Waals surface area (Å²) in [6.07, 6.45) is 1.69. The molecule has 4 aromatic rings. The third kappa shape index (κ3) is 4.45. The molecule has 1 N–H and O–H groups in total. The molecule has 0 saturated carbocycles. The largest absolute Gasteiger partial charge is 0.496 e. The van der Waals surface area contributed by atoms with Crippen LogP contribution in [0.25, 0.3) is 22.2 Å². The van der Waals surface area contributed by atoms with Gasteiger partial charge < -0.3 is 24.7 Å². The lowest BCUT2D eigenvalue weighted by Crippen LogP contribution is -2.44. The van der Waals surface area contributed by atoms with E-state index in [2.05, 4.69) is 44.3 Å². The van der Waals surface area contributed by atoms with Gasteiger partial charge in [-0.2, -0.15) is 4.98 Å². The van der Waals surface area contributed by atoms with Gasteiger partial charge >= 0.3 is 0 Å². The van der Waals surface area contributed by atoms with Gasteiger partial charge in [0.25, 0.3) is 5.56 Å². The molecule has 0 unspecified atom stereocenters. The summed E-state index contributed by atoms with van der Waals surface area (Å²) in [5, 5.41) is 3.91. The van der Waals surface area contributed by atoms with E-state index in [1.54, 1.807) is 19.4 Å². The lowest BCUT2D eigenvalue weighted by Gasteiger charge is -2.34. The summed E-state index contributed by atoms with van der Waals surface area (Å²) in [6, 6.07) is 15.7. The van der Waals surface area contributed by atoms with E-state index in [1.807, 2.05) is 37.3 Å². The average Bonchev–Trinajstić information content (AvgIpc) is 2.89. The highest BCUT2D eigenvalue weighted by molar-refractivity contribution is 5.84. The van der Waals surface area contributed by atoms with Crippen LogP contribution in [0.1, 0.15) is 5.56 Å². The molecule has 1 aliphatic rings. The summed E-state index contributed by atoms with van der Waals surface area (Å²) in [5.41, 5.74) is 4.22. The van der Waals surface area contributed by atoms with Crippen LogP contribution in [0.3, 0.4) is 0 Å². The Balaban J connectivity index is 1.46. The highest BCUT2D eigenvalue weighted by Crippen LogP contribution is 2.32. The molecule has 0 spiro atoms. The van der Waals surface area contributed by atoms with Gasteiger partial charge in [0, 0.05) is 54.7 Å². The van der Waals surface area contributed by atoms with Gasteiger partial charge in [-0.25, -0.2) is 4.98 Å². The molecular weight excluding hydrogens is 456 g/mol. The van der Waals surface area contributed by atoms with Crippen LogP contribution in [0.2, 0.25) is 0 Å². The number of piperazine rings is 1. The van der Waals surface area contributed by atoms with Crippen molar-refractivity contribution < 1.29 is 9.57 Å². The molecule has 36 heavy (non-hydrogen) atoms. The average molecular weight is 487 g/mol. The van der Waals surface area contributed by atoms with Crippen molar-refractivity contribution in [3.63, 3.8) is 0 Å². The number of pyridine rings is 1. The molecule has 3 heterocycles. The van der Waals surface area contributed by atoms with Crippen LogP contribution >= 0.6 is 0 Å². The number of hydrogen-bond donors (Lipinski definition) is 1. The SMILES string of the molecule is COc1cccc(C)c1-c1cc2cnc(Nc3ccc(N4CCN(C)CC4)cc3)nc2n(OC)c1=O. The van der Waals surface area contributed by atoms with Crippen molar-refractivity contribution in [1.82, 2.24) is 19.6 Å². The van der Waals surface area contributed by atoms with E-state index >= 15 is 0 Å². The van der Waals surface area contributed by atoms with Crippen LogP contribution in [0.4, 0.5) is 17.3 Å². The molecule has 0 atom stereocenters. The monoisotopic (exact) mass is 486 g/mol. The molecule has 2 aromatic carbocycles. The van der Waals surface area contributed by atoms with Crippen LogP contribution in [-0.4, -0.2) is 67.0 Å². The molecule has 186 valence electrons. The maximum atomic E-state index is 13.4. The van der Waals surface area contributed by atoms with Crippen LogP contribution in [-0.2, 0) is 0 Å². The minimum absolute atomic E-state index is 0.321. The first-order chi connectivity index (χ1) is 17.5. The Morgan fingerprint density at radius 2 is 1.75 bits per heavy atom. The van der Waals surface area contributed by atoms with E-state index in [0.717, 1.165) is 43.0 Å². The van der Waals surface area contributed by atoms with Gasteiger partial charge in [-0.15, -0.1) is 4.73 Å². The lowest BCUT2D eigenvalue weighted by molar-refractivity contribution is 0.168. The molecule has 5 rings (SSSR count). The number of nitrogens with one attached hydrogen (secondary N) is 1. The number of aryl methyl sites for hydroxylation is 1. The van der Waals surface area contributed by atoms with Gasteiger partial charge in [0.15, 0.2) is 5.65 Å². The summed E-state index contributed by atoms with van der Waals surface area (Å²) in [7, 11) is 5.19. The summed E-state index contributed by atoms with van der Waals surface area (Å²) in [4.78, 5) is 32.7. The van der Waals surface area contributed by atoms with Crippen LogP contribution in [0.15, 0.2) is 59.5 Å². The summed E-state index contributed by atoms with van der Waals surface area (Å²) >= 11 is 0. The standard InChI is InChI=1S/C27H30N6O3/c1-18-6-5-7-23(35-3)24(18)22-16-19-17-28-27(30-25(19)33(36-4)26(22)34)29-20-8-10-21(11-9-20)32-14-12-31(2)13-15-32/h5-11,16-17H,12-15H2,1-4H3,(H,28,29,30). The number of likely N-dealkylation sites (N-methyl/N-ethyl adjacent to an activating group) is 1. The Bertz CT molecular complexity index is 1440. The second-order valence-corrected chi connectivity index (χ2v) is 8.93. The number of ether oxygens (including phenoxy) is 1. The number of rotatable bonds is 6. The molecule has 0 radical (unpaired) electrons. The van der Waals surface area contributed by atoms with Crippen LogP contribution < -0.4 is 25.4 Å². The molecule has 2 aromatic heterocycles. The summed E-state index contributed by atoms with van der Waals surface area (Å²) in [5.74, 6) is 0.995. The highest BCUT2D eigenvalue weighted by Gasteiger charge is 2.19. The number of nitrogens with zero attached hydrogens (tertiary/aromatic N) is 5. The quantitative estimate of drug-likeness (QED) is 0.444. The van der Waals surface area contributed by atoms with Gasteiger partial charge in [-0.1, -0.05) is 12.1 Å². The Labute approximate surface area is 209 Å². The van der Waals surface area contributed by atoms with Gasteiger partial charge in [0.2, 0.25) is 5.95 Å². The van der Waals surface area contributed by atoms with E-state index in [4.69, 9.17) is 9.57 Å². The Morgan fingerprint density at radius 3 is 2.44 bits per heavy atom. The van der Waals surface area contributed by atoms with Crippen molar-refractivity contribution in [3.05, 3.63) is 70.6 Å². The van der Waals surface area contributed by atoms with Crippen molar-refractivity contribution >= 4 is 28.4 Å². The Hall–Kier alpha value is -4.11. The fourth-order valence-corrected chi connectivity index (χ4v) is 4.58. The van der Waals surface area contributed by atoms with Crippen LogP contribution in [0.5, 0.6) is 5.75 Å². The zero-order valence-corrected chi connectivity index (χ0v) is 21.0. The molecule has 9 heteroatoms. The maximum absolute atomic E-state index is 13.4. The van der Waals surface area contributed by atoms with Gasteiger partial charge in [0.05, 0.1) is 12.7 Å². The van der Waals surface area contributed by atoms with Gasteiger partial charge in [-0.3, -0.25) is 4.79 Å². The molecule has 1 fully saturated rings. The molecule has 0 aliphatic carbocycles. The highest BCUT2D eigenvalue weighted by atomic mass is 16.6. The van der Waals surface area contributed by atoms with Crippen molar-refractivity contribution in [1.29, 1.82) is 0 Å². The molecule has 0 bridgehead atoms. The van der Waals surface area contributed by atoms with Crippen molar-refractivity contribution in [2.75, 3.05) is 57.7 Å². The van der Waals surface area contributed by atoms with Gasteiger partial charge in [0.1, 0.15) is 12.9 Å². The minimum atomic E-state index is -0.321. The van der Waals surface area contributed by atoms with Crippen molar-refractivity contribution in [2.24, 2.45) is 0 Å². The fraction of sp³-hybridized carbons (Fsp3) is 0.296. The predicted octanol–water partition coefficient (Wildman–Crippen LogP) is 3.33. The van der Waals surface area contributed by atoms with Crippen molar-refractivity contribution in [3.8, 4) is 16.9 Å². The first-order valence-corrected chi connectivity index (χ1v) is 11.9.